The Hall–Kier alpha value is -2.43. The van der Waals surface area contributed by atoms with Crippen LogP contribution in [0.5, 0.6) is 5.75 Å². The molecule has 0 aliphatic rings. The lowest BCUT2D eigenvalue weighted by Crippen LogP contribution is -2.19. The molecule has 98 valence electrons. The number of aliphatic carboxylic acids is 1. The number of rotatable bonds is 5. The zero-order valence-electron chi connectivity index (χ0n) is 9.99. The molecule has 0 fully saturated rings. The summed E-state index contributed by atoms with van der Waals surface area (Å²) in [6.07, 6.45) is 3.06. The van der Waals surface area contributed by atoms with Gasteiger partial charge in [-0.2, -0.15) is 0 Å². The highest BCUT2D eigenvalue weighted by Crippen LogP contribution is 2.18. The number of aromatic nitrogens is 1. The molecule has 2 rings (SSSR count). The van der Waals surface area contributed by atoms with Crippen molar-refractivity contribution in [2.75, 3.05) is 6.61 Å². The molecule has 0 aliphatic heterocycles. The number of carboxylic acid groups (broad SMARTS) is 1. The number of benzene rings is 1. The summed E-state index contributed by atoms with van der Waals surface area (Å²) in [6.45, 7) is -0.0228. The highest BCUT2D eigenvalue weighted by atomic mass is 19.1. The van der Waals surface area contributed by atoms with Gasteiger partial charge in [0.2, 0.25) is 0 Å². The van der Waals surface area contributed by atoms with Gasteiger partial charge in [0.1, 0.15) is 24.1 Å². The molecule has 1 N–H and O–H groups in total. The van der Waals surface area contributed by atoms with Gasteiger partial charge in [0.05, 0.1) is 0 Å². The van der Waals surface area contributed by atoms with Crippen LogP contribution < -0.4 is 4.74 Å². The zero-order valence-corrected chi connectivity index (χ0v) is 9.99. The van der Waals surface area contributed by atoms with E-state index in [1.165, 1.54) is 36.7 Å². The van der Waals surface area contributed by atoms with E-state index in [9.17, 15) is 14.3 Å². The Morgan fingerprint density at radius 3 is 2.42 bits per heavy atom. The molecular formula is C14H12FNO3. The van der Waals surface area contributed by atoms with Crippen LogP contribution in [0.4, 0.5) is 4.39 Å². The van der Waals surface area contributed by atoms with E-state index in [0.29, 0.717) is 11.3 Å². The third-order valence-electron chi connectivity index (χ3n) is 2.64. The van der Waals surface area contributed by atoms with Crippen molar-refractivity contribution in [2.24, 2.45) is 0 Å². The van der Waals surface area contributed by atoms with E-state index in [0.717, 1.165) is 0 Å². The summed E-state index contributed by atoms with van der Waals surface area (Å²) in [4.78, 5) is 15.1. The molecule has 0 saturated heterocycles. The van der Waals surface area contributed by atoms with Crippen LogP contribution in [0.2, 0.25) is 0 Å². The van der Waals surface area contributed by atoms with Crippen LogP contribution in [0.1, 0.15) is 11.5 Å². The third-order valence-corrected chi connectivity index (χ3v) is 2.64. The minimum absolute atomic E-state index is 0.0228. The molecule has 1 unspecified atom stereocenters. The number of ether oxygens (including phenoxy) is 1. The zero-order chi connectivity index (χ0) is 13.7. The Bertz CT molecular complexity index is 542. The maximum Gasteiger partial charge on any atom is 0.314 e. The van der Waals surface area contributed by atoms with Crippen molar-refractivity contribution in [3.05, 3.63) is 60.2 Å². The largest absolute Gasteiger partial charge is 0.492 e. The van der Waals surface area contributed by atoms with Crippen molar-refractivity contribution in [1.82, 2.24) is 4.98 Å². The number of halogens is 1. The predicted molar refractivity (Wildman–Crippen MR) is 66.5 cm³/mol. The number of carbonyl (C=O) groups is 1. The van der Waals surface area contributed by atoms with Crippen molar-refractivity contribution < 1.29 is 19.0 Å². The summed E-state index contributed by atoms with van der Waals surface area (Å²) in [5.41, 5.74) is 0.615. The smallest absolute Gasteiger partial charge is 0.314 e. The molecule has 5 heteroatoms. The van der Waals surface area contributed by atoms with Crippen molar-refractivity contribution in [3.8, 4) is 5.75 Å². The van der Waals surface area contributed by atoms with Crippen molar-refractivity contribution in [2.45, 2.75) is 5.92 Å². The molecule has 0 saturated carbocycles. The molecule has 1 aromatic heterocycles. The van der Waals surface area contributed by atoms with Crippen LogP contribution in [-0.4, -0.2) is 22.7 Å². The van der Waals surface area contributed by atoms with E-state index < -0.39 is 11.9 Å². The lowest BCUT2D eigenvalue weighted by molar-refractivity contribution is -0.139. The first-order valence-corrected chi connectivity index (χ1v) is 5.68. The van der Waals surface area contributed by atoms with Gasteiger partial charge in [0.25, 0.3) is 0 Å². The number of carboxylic acids is 1. The molecule has 0 aliphatic carbocycles. The van der Waals surface area contributed by atoms with Gasteiger partial charge in [-0.25, -0.2) is 4.39 Å². The molecule has 2 aromatic rings. The van der Waals surface area contributed by atoms with Gasteiger partial charge < -0.3 is 9.84 Å². The molecule has 1 atom stereocenters. The second kappa shape index (κ2) is 5.95. The molecule has 1 aromatic carbocycles. The summed E-state index contributed by atoms with van der Waals surface area (Å²) in [6, 6.07) is 8.70. The van der Waals surface area contributed by atoms with E-state index in [1.54, 1.807) is 12.1 Å². The van der Waals surface area contributed by atoms with Gasteiger partial charge in [-0.05, 0) is 42.0 Å². The highest BCUT2D eigenvalue weighted by Gasteiger charge is 2.20. The van der Waals surface area contributed by atoms with Gasteiger partial charge in [0.15, 0.2) is 0 Å². The topological polar surface area (TPSA) is 59.4 Å². The Morgan fingerprint density at radius 1 is 1.21 bits per heavy atom. The minimum atomic E-state index is -0.978. The quantitative estimate of drug-likeness (QED) is 0.898. The molecule has 0 amide bonds. The first-order chi connectivity index (χ1) is 9.16. The van der Waals surface area contributed by atoms with E-state index in [1.807, 2.05) is 0 Å². The van der Waals surface area contributed by atoms with Gasteiger partial charge in [0, 0.05) is 12.4 Å². The van der Waals surface area contributed by atoms with Crippen molar-refractivity contribution in [3.63, 3.8) is 0 Å². The van der Waals surface area contributed by atoms with E-state index in [4.69, 9.17) is 4.74 Å². The van der Waals surface area contributed by atoms with Gasteiger partial charge in [-0.1, -0.05) is 0 Å². The molecule has 0 radical (unpaired) electrons. The fourth-order valence-corrected chi connectivity index (χ4v) is 1.62. The summed E-state index contributed by atoms with van der Waals surface area (Å²) in [7, 11) is 0. The predicted octanol–water partition coefficient (Wildman–Crippen LogP) is 2.47. The lowest BCUT2D eigenvalue weighted by Gasteiger charge is -2.13. The van der Waals surface area contributed by atoms with Gasteiger partial charge in [-0.3, -0.25) is 9.78 Å². The summed E-state index contributed by atoms with van der Waals surface area (Å²) in [5.74, 6) is -1.70. The summed E-state index contributed by atoms with van der Waals surface area (Å²) < 4.78 is 18.1. The van der Waals surface area contributed by atoms with E-state index in [-0.39, 0.29) is 12.4 Å². The first-order valence-electron chi connectivity index (χ1n) is 5.68. The molecule has 4 nitrogen and oxygen atoms in total. The van der Waals surface area contributed by atoms with Crippen LogP contribution in [0.25, 0.3) is 0 Å². The Balaban J connectivity index is 2.06. The van der Waals surface area contributed by atoms with Crippen LogP contribution in [0, 0.1) is 5.82 Å². The average Bonchev–Trinajstić information content (AvgIpc) is 2.42. The summed E-state index contributed by atoms with van der Waals surface area (Å²) >= 11 is 0. The standard InChI is InChI=1S/C14H12FNO3/c15-11-1-3-12(4-2-11)19-9-13(14(17)18)10-5-7-16-8-6-10/h1-8,13H,9H2,(H,17,18). The van der Waals surface area contributed by atoms with Crippen LogP contribution in [0.15, 0.2) is 48.8 Å². The monoisotopic (exact) mass is 261 g/mol. The van der Waals surface area contributed by atoms with Crippen LogP contribution in [-0.2, 0) is 4.79 Å². The number of hydrogen-bond acceptors (Lipinski definition) is 3. The number of nitrogens with zero attached hydrogens (tertiary/aromatic N) is 1. The average molecular weight is 261 g/mol. The molecule has 1 heterocycles. The summed E-state index contributed by atoms with van der Waals surface area (Å²) in [5, 5.41) is 9.19. The maximum absolute atomic E-state index is 12.7. The normalized spacial score (nSPS) is 11.8. The van der Waals surface area contributed by atoms with Gasteiger partial charge in [-0.15, -0.1) is 0 Å². The first kappa shape index (κ1) is 13.0. The fraction of sp³-hybridized carbons (Fsp3) is 0.143. The molecular weight excluding hydrogens is 249 g/mol. The van der Waals surface area contributed by atoms with Gasteiger partial charge >= 0.3 is 5.97 Å². The number of hydrogen-bond donors (Lipinski definition) is 1. The molecule has 0 spiro atoms. The minimum Gasteiger partial charge on any atom is -0.492 e. The Labute approximate surface area is 109 Å². The highest BCUT2D eigenvalue weighted by molar-refractivity contribution is 5.76. The number of pyridine rings is 1. The Kier molecular flexibility index (Phi) is 4.07. The third kappa shape index (κ3) is 3.51. The SMILES string of the molecule is O=C(O)C(COc1ccc(F)cc1)c1ccncc1. The fourth-order valence-electron chi connectivity index (χ4n) is 1.62. The molecule has 0 bridgehead atoms. The maximum atomic E-state index is 12.7. The van der Waals surface area contributed by atoms with E-state index >= 15 is 0 Å². The van der Waals surface area contributed by atoms with E-state index in [2.05, 4.69) is 4.98 Å². The molecule has 19 heavy (non-hydrogen) atoms. The van der Waals surface area contributed by atoms with Crippen molar-refractivity contribution in [1.29, 1.82) is 0 Å². The second-order valence-electron chi connectivity index (χ2n) is 3.94. The second-order valence-corrected chi connectivity index (χ2v) is 3.94. The van der Waals surface area contributed by atoms with Crippen LogP contribution in [0.3, 0.4) is 0 Å². The van der Waals surface area contributed by atoms with Crippen molar-refractivity contribution >= 4 is 5.97 Å². The van der Waals surface area contributed by atoms with Crippen LogP contribution >= 0.6 is 0 Å². The Morgan fingerprint density at radius 2 is 1.84 bits per heavy atom. The lowest BCUT2D eigenvalue weighted by atomic mass is 10.0.